The van der Waals surface area contributed by atoms with Gasteiger partial charge in [-0.2, -0.15) is 13.2 Å². The number of methoxy groups -OCH3 is 1. The predicted molar refractivity (Wildman–Crippen MR) is 56.1 cm³/mol. The molecule has 0 fully saturated rings. The third-order valence-corrected chi connectivity index (χ3v) is 2.18. The van der Waals surface area contributed by atoms with Crippen molar-refractivity contribution in [2.24, 2.45) is 0 Å². The van der Waals surface area contributed by atoms with E-state index in [1.807, 2.05) is 0 Å². The average Bonchev–Trinajstić information content (AvgIpc) is 2.27. The summed E-state index contributed by atoms with van der Waals surface area (Å²) >= 11 is 0. The molecule has 1 rings (SSSR count). The first-order chi connectivity index (χ1) is 8.25. The van der Waals surface area contributed by atoms with Crippen molar-refractivity contribution >= 4 is 5.97 Å². The fraction of sp³-hybridized carbons (Fsp3) is 0.364. The number of alkyl halides is 3. The number of hydrogen-bond donors (Lipinski definition) is 1. The first kappa shape index (κ1) is 14.1. The summed E-state index contributed by atoms with van der Waals surface area (Å²) in [5, 5.41) is 8.73. The van der Waals surface area contributed by atoms with Gasteiger partial charge in [0, 0.05) is 0 Å². The van der Waals surface area contributed by atoms with Gasteiger partial charge in [-0.15, -0.1) is 0 Å². The van der Waals surface area contributed by atoms with Crippen molar-refractivity contribution in [3.8, 4) is 11.5 Å². The summed E-state index contributed by atoms with van der Waals surface area (Å²) in [6.07, 6.45) is -6.52. The van der Waals surface area contributed by atoms with Gasteiger partial charge in [0.05, 0.1) is 12.7 Å². The minimum atomic E-state index is -4.50. The molecule has 0 amide bonds. The quantitative estimate of drug-likeness (QED) is 0.908. The van der Waals surface area contributed by atoms with E-state index < -0.39 is 18.2 Å². The molecule has 0 aromatic heterocycles. The van der Waals surface area contributed by atoms with Crippen molar-refractivity contribution in [3.63, 3.8) is 0 Å². The molecule has 1 N–H and O–H groups in total. The van der Waals surface area contributed by atoms with E-state index in [0.29, 0.717) is 0 Å². The van der Waals surface area contributed by atoms with E-state index in [4.69, 9.17) is 14.6 Å². The molecule has 1 aromatic rings. The van der Waals surface area contributed by atoms with Crippen molar-refractivity contribution in [2.45, 2.75) is 19.2 Å². The summed E-state index contributed by atoms with van der Waals surface area (Å²) in [5.74, 6) is -1.43. The van der Waals surface area contributed by atoms with Crippen molar-refractivity contribution in [1.82, 2.24) is 0 Å². The van der Waals surface area contributed by atoms with Crippen molar-refractivity contribution < 1.29 is 32.5 Å². The van der Waals surface area contributed by atoms with Crippen LogP contribution >= 0.6 is 0 Å². The van der Waals surface area contributed by atoms with Gasteiger partial charge < -0.3 is 14.6 Å². The van der Waals surface area contributed by atoms with Crippen LogP contribution in [-0.4, -0.2) is 30.5 Å². The van der Waals surface area contributed by atoms with Crippen LogP contribution in [0.3, 0.4) is 0 Å². The smallest absolute Gasteiger partial charge is 0.425 e. The summed E-state index contributed by atoms with van der Waals surface area (Å²) < 4.78 is 46.4. The van der Waals surface area contributed by atoms with Gasteiger partial charge in [-0.1, -0.05) is 0 Å². The van der Waals surface area contributed by atoms with E-state index in [9.17, 15) is 18.0 Å². The Labute approximate surface area is 101 Å². The molecule has 1 atom stereocenters. The zero-order chi connectivity index (χ0) is 13.9. The molecular weight excluding hydrogens is 253 g/mol. The van der Waals surface area contributed by atoms with Crippen LogP contribution < -0.4 is 9.47 Å². The molecule has 1 aromatic carbocycles. The Bertz CT molecular complexity index is 442. The third-order valence-electron chi connectivity index (χ3n) is 2.18. The van der Waals surface area contributed by atoms with E-state index >= 15 is 0 Å². The van der Waals surface area contributed by atoms with Gasteiger partial charge in [-0.3, -0.25) is 0 Å². The maximum Gasteiger partial charge on any atom is 0.425 e. The number of aromatic carboxylic acids is 1. The molecule has 0 spiro atoms. The van der Waals surface area contributed by atoms with Crippen molar-refractivity contribution in [2.75, 3.05) is 7.11 Å². The van der Waals surface area contributed by atoms with Crippen LogP contribution in [0.2, 0.25) is 0 Å². The Morgan fingerprint density at radius 3 is 2.39 bits per heavy atom. The lowest BCUT2D eigenvalue weighted by Gasteiger charge is -2.19. The Hall–Kier alpha value is -1.92. The lowest BCUT2D eigenvalue weighted by molar-refractivity contribution is -0.189. The summed E-state index contributed by atoms with van der Waals surface area (Å²) in [4.78, 5) is 10.7. The van der Waals surface area contributed by atoms with Gasteiger partial charge in [0.25, 0.3) is 0 Å². The molecule has 0 saturated carbocycles. The van der Waals surface area contributed by atoms with Crippen LogP contribution in [0.4, 0.5) is 13.2 Å². The van der Waals surface area contributed by atoms with E-state index in [1.54, 1.807) is 0 Å². The van der Waals surface area contributed by atoms with Crippen LogP contribution in [0.5, 0.6) is 11.5 Å². The minimum Gasteiger partial charge on any atom is -0.493 e. The number of carbonyl (C=O) groups is 1. The number of carboxylic acid groups (broad SMARTS) is 1. The largest absolute Gasteiger partial charge is 0.493 e. The van der Waals surface area contributed by atoms with Gasteiger partial charge >= 0.3 is 12.1 Å². The second kappa shape index (κ2) is 5.16. The van der Waals surface area contributed by atoms with E-state index in [2.05, 4.69) is 0 Å². The molecule has 0 aliphatic rings. The van der Waals surface area contributed by atoms with Gasteiger partial charge in [0.2, 0.25) is 0 Å². The van der Waals surface area contributed by atoms with Gasteiger partial charge in [-0.05, 0) is 25.1 Å². The van der Waals surface area contributed by atoms with Gasteiger partial charge in [0.1, 0.15) is 0 Å². The molecule has 18 heavy (non-hydrogen) atoms. The lowest BCUT2D eigenvalue weighted by atomic mass is 10.2. The highest BCUT2D eigenvalue weighted by molar-refractivity contribution is 5.88. The molecule has 7 heteroatoms. The second-order valence-corrected chi connectivity index (χ2v) is 3.47. The van der Waals surface area contributed by atoms with Crippen LogP contribution in [-0.2, 0) is 0 Å². The monoisotopic (exact) mass is 264 g/mol. The molecule has 0 saturated heterocycles. The molecule has 0 aliphatic carbocycles. The summed E-state index contributed by atoms with van der Waals surface area (Å²) in [6, 6.07) is 3.37. The Kier molecular flexibility index (Phi) is 4.05. The van der Waals surface area contributed by atoms with E-state index in [1.165, 1.54) is 7.11 Å². The zero-order valence-electron chi connectivity index (χ0n) is 9.62. The predicted octanol–water partition coefficient (Wildman–Crippen LogP) is 2.72. The Morgan fingerprint density at radius 1 is 1.33 bits per heavy atom. The van der Waals surface area contributed by atoms with E-state index in [-0.39, 0.29) is 17.1 Å². The highest BCUT2D eigenvalue weighted by Gasteiger charge is 2.38. The number of halogens is 3. The number of rotatable bonds is 4. The molecule has 0 heterocycles. The van der Waals surface area contributed by atoms with Crippen LogP contribution in [0.15, 0.2) is 18.2 Å². The lowest BCUT2D eigenvalue weighted by Crippen LogP contribution is -2.31. The van der Waals surface area contributed by atoms with Gasteiger partial charge in [-0.25, -0.2) is 4.79 Å². The van der Waals surface area contributed by atoms with Crippen molar-refractivity contribution in [1.29, 1.82) is 0 Å². The SMILES string of the molecule is COc1cc(C(=O)O)ccc1O[C@H](C)C(F)(F)F. The average molecular weight is 264 g/mol. The number of ether oxygens (including phenoxy) is 2. The molecule has 0 radical (unpaired) electrons. The fourth-order valence-corrected chi connectivity index (χ4v) is 1.16. The number of hydrogen-bond acceptors (Lipinski definition) is 3. The summed E-state index contributed by atoms with van der Waals surface area (Å²) in [6.45, 7) is 0.852. The molecule has 0 bridgehead atoms. The molecule has 100 valence electrons. The normalized spacial score (nSPS) is 12.9. The van der Waals surface area contributed by atoms with E-state index in [0.717, 1.165) is 25.1 Å². The number of carboxylic acids is 1. The first-order valence-corrected chi connectivity index (χ1v) is 4.90. The highest BCUT2D eigenvalue weighted by atomic mass is 19.4. The third kappa shape index (κ3) is 3.28. The summed E-state index contributed by atoms with van der Waals surface area (Å²) in [5.41, 5.74) is -0.0983. The standard InChI is InChI=1S/C11H11F3O4/c1-6(11(12,13)14)18-8-4-3-7(10(15)16)5-9(8)17-2/h3-6H,1-2H3,(H,15,16)/t6-/m1/s1. The highest BCUT2D eigenvalue weighted by Crippen LogP contribution is 2.32. The van der Waals surface area contributed by atoms with Crippen LogP contribution in [0, 0.1) is 0 Å². The molecule has 0 unspecified atom stereocenters. The minimum absolute atomic E-state index is 0.0639. The van der Waals surface area contributed by atoms with Gasteiger partial charge in [0.15, 0.2) is 17.6 Å². The maximum absolute atomic E-state index is 12.3. The summed E-state index contributed by atoms with van der Waals surface area (Å²) in [7, 11) is 1.21. The topological polar surface area (TPSA) is 55.8 Å². The second-order valence-electron chi connectivity index (χ2n) is 3.47. The molecule has 0 aliphatic heterocycles. The fourth-order valence-electron chi connectivity index (χ4n) is 1.16. The maximum atomic E-state index is 12.3. The zero-order valence-corrected chi connectivity index (χ0v) is 9.62. The Morgan fingerprint density at radius 2 is 1.94 bits per heavy atom. The molecular formula is C11H11F3O4. The molecule has 4 nitrogen and oxygen atoms in total. The van der Waals surface area contributed by atoms with Crippen LogP contribution in [0.25, 0.3) is 0 Å². The number of benzene rings is 1. The Balaban J connectivity index is 3.00. The van der Waals surface area contributed by atoms with Crippen molar-refractivity contribution in [3.05, 3.63) is 23.8 Å². The van der Waals surface area contributed by atoms with Crippen LogP contribution in [0.1, 0.15) is 17.3 Å². The first-order valence-electron chi connectivity index (χ1n) is 4.90.